The summed E-state index contributed by atoms with van der Waals surface area (Å²) in [5.41, 5.74) is 2.37. The number of carbonyl (C=O) groups is 4. The van der Waals surface area contributed by atoms with Crippen LogP contribution in [-0.2, 0) is 26.0 Å². The van der Waals surface area contributed by atoms with E-state index in [0.717, 1.165) is 21.6 Å². The van der Waals surface area contributed by atoms with Gasteiger partial charge >= 0.3 is 6.09 Å². The Kier molecular flexibility index (Phi) is 8.83. The smallest absolute Gasteiger partial charge is 0.413 e. The Bertz CT molecular complexity index is 1900. The highest BCUT2D eigenvalue weighted by Gasteiger charge is 2.55. The molecule has 2 fully saturated rings. The molecule has 4 aromatic rings. The lowest BCUT2D eigenvalue weighted by atomic mass is 10.0. The summed E-state index contributed by atoms with van der Waals surface area (Å²) >= 11 is 0. The molecule has 12 nitrogen and oxygen atoms in total. The summed E-state index contributed by atoms with van der Waals surface area (Å²) in [5, 5.41) is 11.1. The second kappa shape index (κ2) is 13.1. The molecule has 3 unspecified atom stereocenters. The summed E-state index contributed by atoms with van der Waals surface area (Å²) in [7, 11) is -4.59. The maximum Gasteiger partial charge on any atom is 0.413 e. The van der Waals surface area contributed by atoms with Gasteiger partial charge < -0.3 is 20.1 Å². The van der Waals surface area contributed by atoms with E-state index in [9.17, 15) is 32.7 Å². The van der Waals surface area contributed by atoms with Crippen molar-refractivity contribution in [2.75, 3.05) is 13.1 Å². The number of ether oxygens (including phenoxy) is 1. The molecule has 2 saturated heterocycles. The van der Waals surface area contributed by atoms with Gasteiger partial charge in [0.15, 0.2) is 5.78 Å². The van der Waals surface area contributed by atoms with Crippen LogP contribution >= 0.6 is 0 Å². The van der Waals surface area contributed by atoms with E-state index >= 15 is 0 Å². The Hall–Kier alpha value is -5.40. The number of phenolic OH excluding ortho intramolecular Hbond substituents is 1. The molecule has 0 bridgehead atoms. The first-order chi connectivity index (χ1) is 22.6. The van der Waals surface area contributed by atoms with E-state index < -0.39 is 57.6 Å². The molecule has 0 aliphatic carbocycles. The summed E-state index contributed by atoms with van der Waals surface area (Å²) in [4.78, 5) is 58.3. The van der Waals surface area contributed by atoms with Gasteiger partial charge in [-0.2, -0.15) is 4.31 Å². The highest BCUT2D eigenvalue weighted by Crippen LogP contribution is 2.33. The van der Waals surface area contributed by atoms with E-state index in [1.807, 2.05) is 30.3 Å². The van der Waals surface area contributed by atoms with Crippen molar-refractivity contribution in [3.05, 3.63) is 115 Å². The molecule has 0 saturated carbocycles. The SMILES string of the molecule is O=C(NC(Cc1ccc(O)cc1)C(=O)N1CCC2C1C(=O)CN2S(=O)(=O)C(=O)c1cccnc1)Oc1ccc(-c2ccccc2)cc1. The second-order valence-electron chi connectivity index (χ2n) is 11.2. The van der Waals surface area contributed by atoms with Crippen molar-refractivity contribution in [2.24, 2.45) is 0 Å². The van der Waals surface area contributed by atoms with Crippen LogP contribution in [0.5, 0.6) is 11.5 Å². The zero-order chi connectivity index (χ0) is 33.1. The molecule has 2 amide bonds. The number of pyridine rings is 1. The zero-order valence-electron chi connectivity index (χ0n) is 24.9. The molecule has 0 radical (unpaired) electrons. The van der Waals surface area contributed by atoms with Crippen LogP contribution in [0.2, 0.25) is 0 Å². The third-order valence-electron chi connectivity index (χ3n) is 8.24. The number of ketones is 1. The van der Waals surface area contributed by atoms with Gasteiger partial charge in [0.25, 0.3) is 15.1 Å². The van der Waals surface area contributed by atoms with Crippen molar-refractivity contribution in [2.45, 2.75) is 31.0 Å². The highest BCUT2D eigenvalue weighted by atomic mass is 32.2. The van der Waals surface area contributed by atoms with Crippen LogP contribution in [-0.4, -0.2) is 81.8 Å². The van der Waals surface area contributed by atoms with Crippen LogP contribution in [0.1, 0.15) is 22.3 Å². The number of aromatic hydroxyl groups is 1. The van der Waals surface area contributed by atoms with E-state index in [4.69, 9.17) is 4.74 Å². The fraction of sp³-hybridized carbons (Fsp3) is 0.206. The number of hydrogen-bond acceptors (Lipinski definition) is 9. The summed E-state index contributed by atoms with van der Waals surface area (Å²) in [5.74, 6) is -0.894. The largest absolute Gasteiger partial charge is 0.508 e. The predicted octanol–water partition coefficient (Wildman–Crippen LogP) is 3.18. The molecule has 2 N–H and O–H groups in total. The minimum absolute atomic E-state index is 0.00919. The molecule has 3 aromatic carbocycles. The Balaban J connectivity index is 1.19. The van der Waals surface area contributed by atoms with Crippen LogP contribution in [0.25, 0.3) is 11.1 Å². The summed E-state index contributed by atoms with van der Waals surface area (Å²) < 4.78 is 33.0. The number of Topliss-reactive ketones (excluding diaryl/α,β-unsaturated/α-hetero) is 1. The number of amides is 2. The minimum atomic E-state index is -4.59. The molecule has 47 heavy (non-hydrogen) atoms. The molecule has 2 aliphatic rings. The molecule has 3 atom stereocenters. The monoisotopic (exact) mass is 654 g/mol. The van der Waals surface area contributed by atoms with Gasteiger partial charge in [0, 0.05) is 25.4 Å². The first kappa shape index (κ1) is 31.6. The number of likely N-dealkylation sites (tertiary alicyclic amines) is 1. The van der Waals surface area contributed by atoms with Gasteiger partial charge in [0.1, 0.15) is 23.6 Å². The minimum Gasteiger partial charge on any atom is -0.508 e. The lowest BCUT2D eigenvalue weighted by Crippen LogP contribution is -2.53. The topological polar surface area (TPSA) is 163 Å². The Morgan fingerprint density at radius 3 is 2.32 bits per heavy atom. The first-order valence-electron chi connectivity index (χ1n) is 14.8. The highest BCUT2D eigenvalue weighted by molar-refractivity contribution is 8.04. The molecule has 240 valence electrons. The lowest BCUT2D eigenvalue weighted by molar-refractivity contribution is -0.138. The van der Waals surface area contributed by atoms with Crippen LogP contribution in [0.3, 0.4) is 0 Å². The number of phenols is 1. The summed E-state index contributed by atoms with van der Waals surface area (Å²) in [6.07, 6.45) is 1.74. The molecule has 6 rings (SSSR count). The van der Waals surface area contributed by atoms with E-state index in [0.29, 0.717) is 5.56 Å². The van der Waals surface area contributed by atoms with Crippen LogP contribution in [0.4, 0.5) is 4.79 Å². The van der Waals surface area contributed by atoms with Crippen molar-refractivity contribution in [3.63, 3.8) is 0 Å². The molecule has 13 heteroatoms. The normalized spacial score (nSPS) is 18.4. The third kappa shape index (κ3) is 6.62. The van der Waals surface area contributed by atoms with Crippen LogP contribution in [0.15, 0.2) is 103 Å². The molecular weight excluding hydrogens is 624 g/mol. The van der Waals surface area contributed by atoms with Crippen LogP contribution < -0.4 is 10.1 Å². The van der Waals surface area contributed by atoms with E-state index in [1.165, 1.54) is 35.4 Å². The van der Waals surface area contributed by atoms with Gasteiger partial charge in [0.2, 0.25) is 5.91 Å². The Morgan fingerprint density at radius 2 is 1.64 bits per heavy atom. The van der Waals surface area contributed by atoms with Crippen molar-refractivity contribution >= 4 is 32.9 Å². The van der Waals surface area contributed by atoms with E-state index in [2.05, 4.69) is 10.3 Å². The van der Waals surface area contributed by atoms with Gasteiger partial charge in [-0.05, 0) is 59.5 Å². The number of benzene rings is 3. The molecule has 2 aliphatic heterocycles. The van der Waals surface area contributed by atoms with E-state index in [-0.39, 0.29) is 36.4 Å². The average Bonchev–Trinajstić information content (AvgIpc) is 3.67. The number of fused-ring (bicyclic) bond motifs is 1. The van der Waals surface area contributed by atoms with Crippen molar-refractivity contribution in [3.8, 4) is 22.6 Å². The fourth-order valence-corrected chi connectivity index (χ4v) is 7.48. The van der Waals surface area contributed by atoms with Crippen LogP contribution in [0, 0.1) is 0 Å². The fourth-order valence-electron chi connectivity index (χ4n) is 5.97. The maximum atomic E-state index is 14.0. The number of nitrogens with one attached hydrogen (secondary N) is 1. The van der Waals surface area contributed by atoms with Crippen molar-refractivity contribution < 1.29 is 37.4 Å². The molecular formula is C34H30N4O8S. The maximum absolute atomic E-state index is 14.0. The van der Waals surface area contributed by atoms with E-state index in [1.54, 1.807) is 36.4 Å². The van der Waals surface area contributed by atoms with Gasteiger partial charge in [-0.3, -0.25) is 19.4 Å². The predicted molar refractivity (Wildman–Crippen MR) is 170 cm³/mol. The Labute approximate surface area is 270 Å². The number of hydrogen-bond donors (Lipinski definition) is 2. The second-order valence-corrected chi connectivity index (χ2v) is 13.0. The Morgan fingerprint density at radius 1 is 0.936 bits per heavy atom. The quantitative estimate of drug-likeness (QED) is 0.291. The molecule has 0 spiro atoms. The number of carbonyl (C=O) groups excluding carboxylic acids is 4. The summed E-state index contributed by atoms with van der Waals surface area (Å²) in [6.45, 7) is -0.540. The van der Waals surface area contributed by atoms with Crippen molar-refractivity contribution in [1.29, 1.82) is 0 Å². The number of sulfonamides is 1. The molecule has 1 aromatic heterocycles. The zero-order valence-corrected chi connectivity index (χ0v) is 25.7. The van der Waals surface area contributed by atoms with Gasteiger partial charge in [-0.15, -0.1) is 0 Å². The summed E-state index contributed by atoms with van der Waals surface area (Å²) in [6, 6.07) is 22.0. The standard InChI is InChI=1S/C34H30N4O8S/c39-26-12-8-22(9-13-26)19-28(36-34(43)46-27-14-10-24(11-15-27)23-5-2-1-3-6-23)32(41)37-18-16-29-31(37)30(40)21-38(29)47(44,45)33(42)25-7-4-17-35-20-25/h1-15,17,20,28-29,31,39H,16,18-19,21H2,(H,36,43). The third-order valence-corrected chi connectivity index (χ3v) is 9.96. The number of rotatable bonds is 8. The lowest BCUT2D eigenvalue weighted by Gasteiger charge is -2.28. The number of nitrogens with zero attached hydrogens (tertiary/aromatic N) is 3. The first-order valence-corrected chi connectivity index (χ1v) is 16.3. The molecule has 3 heterocycles. The van der Waals surface area contributed by atoms with Gasteiger partial charge in [-0.25, -0.2) is 13.2 Å². The number of aromatic nitrogens is 1. The van der Waals surface area contributed by atoms with Crippen molar-refractivity contribution in [1.82, 2.24) is 19.5 Å². The average molecular weight is 655 g/mol. The van der Waals surface area contributed by atoms with Gasteiger partial charge in [0.05, 0.1) is 18.2 Å². The van der Waals surface area contributed by atoms with Gasteiger partial charge in [-0.1, -0.05) is 54.6 Å².